The molecule has 5 nitrogen and oxygen atoms in total. The van der Waals surface area contributed by atoms with Crippen molar-refractivity contribution in [3.63, 3.8) is 0 Å². The van der Waals surface area contributed by atoms with Crippen molar-refractivity contribution >= 4 is 11.8 Å². The monoisotopic (exact) mass is 348 g/mol. The molecule has 0 saturated carbocycles. The quantitative estimate of drug-likeness (QED) is 0.400. The first-order valence-electron chi connectivity index (χ1n) is 9.69. The Labute approximate surface area is 152 Å². The van der Waals surface area contributed by atoms with Gasteiger partial charge in [-0.2, -0.15) is 4.57 Å². The van der Waals surface area contributed by atoms with E-state index in [0.717, 1.165) is 6.42 Å². The molecule has 0 aliphatic carbocycles. The molecule has 0 radical (unpaired) electrons. The number of primary amides is 1. The van der Waals surface area contributed by atoms with Gasteiger partial charge in [0, 0.05) is 12.6 Å². The van der Waals surface area contributed by atoms with Gasteiger partial charge >= 0.3 is 0 Å². The molecular formula is C20H34N3O2+. The van der Waals surface area contributed by atoms with Gasteiger partial charge in [0.15, 0.2) is 12.4 Å². The largest absolute Gasteiger partial charge is 0.365 e. The molecule has 0 fully saturated rings. The number of pyridine rings is 1. The molecule has 0 bridgehead atoms. The minimum Gasteiger partial charge on any atom is -0.365 e. The number of rotatable bonds is 14. The van der Waals surface area contributed by atoms with Gasteiger partial charge in [0.2, 0.25) is 6.54 Å². The molecule has 25 heavy (non-hydrogen) atoms. The highest BCUT2D eigenvalue weighted by atomic mass is 16.2. The second kappa shape index (κ2) is 13.4. The standard InChI is InChI=1S/C20H33N3O2/c1-2-3-4-5-6-7-8-9-10-11-14-22-19(24)17-23-15-12-13-18(16-23)20(21)25/h12-13,15-16H,2-11,14,17H2,1H3,(H2-,21,22,24,25)/p+1. The summed E-state index contributed by atoms with van der Waals surface area (Å²) in [5, 5.41) is 2.93. The second-order valence-corrected chi connectivity index (χ2v) is 6.66. The van der Waals surface area contributed by atoms with E-state index >= 15 is 0 Å². The molecule has 0 spiro atoms. The molecular weight excluding hydrogens is 314 g/mol. The van der Waals surface area contributed by atoms with Gasteiger partial charge in [-0.1, -0.05) is 64.7 Å². The van der Waals surface area contributed by atoms with Crippen molar-refractivity contribution in [1.82, 2.24) is 5.32 Å². The molecule has 0 unspecified atom stereocenters. The van der Waals surface area contributed by atoms with Gasteiger partial charge in [-0.05, 0) is 12.5 Å². The zero-order valence-electron chi connectivity index (χ0n) is 15.6. The van der Waals surface area contributed by atoms with Crippen LogP contribution in [0.5, 0.6) is 0 Å². The number of unbranched alkanes of at least 4 members (excludes halogenated alkanes) is 9. The number of nitrogens with zero attached hydrogens (tertiary/aromatic N) is 1. The number of nitrogens with one attached hydrogen (secondary N) is 1. The Morgan fingerprint density at radius 3 is 2.20 bits per heavy atom. The third-order valence-corrected chi connectivity index (χ3v) is 4.32. The maximum Gasteiger partial charge on any atom is 0.285 e. The summed E-state index contributed by atoms with van der Waals surface area (Å²) in [5.41, 5.74) is 5.65. The Balaban J connectivity index is 2.02. The number of nitrogens with two attached hydrogens (primary N) is 1. The number of hydrogen-bond donors (Lipinski definition) is 2. The van der Waals surface area contributed by atoms with Gasteiger partial charge in [-0.3, -0.25) is 9.59 Å². The van der Waals surface area contributed by atoms with E-state index < -0.39 is 5.91 Å². The number of amides is 2. The number of hydrogen-bond acceptors (Lipinski definition) is 2. The van der Waals surface area contributed by atoms with Crippen molar-refractivity contribution in [3.8, 4) is 0 Å². The predicted molar refractivity (Wildman–Crippen MR) is 100 cm³/mol. The van der Waals surface area contributed by atoms with Crippen LogP contribution in [0, 0.1) is 0 Å². The van der Waals surface area contributed by atoms with E-state index in [4.69, 9.17) is 5.73 Å². The first-order valence-corrected chi connectivity index (χ1v) is 9.69. The Hall–Kier alpha value is -1.91. The Morgan fingerprint density at radius 2 is 1.60 bits per heavy atom. The fraction of sp³-hybridized carbons (Fsp3) is 0.650. The van der Waals surface area contributed by atoms with Gasteiger partial charge in [-0.25, -0.2) is 0 Å². The van der Waals surface area contributed by atoms with Gasteiger partial charge < -0.3 is 11.1 Å². The van der Waals surface area contributed by atoms with Crippen molar-refractivity contribution in [3.05, 3.63) is 30.1 Å². The normalized spacial score (nSPS) is 10.6. The lowest BCUT2D eigenvalue weighted by atomic mass is 10.1. The Bertz CT molecular complexity index is 517. The first-order chi connectivity index (χ1) is 12.1. The molecule has 3 N–H and O–H groups in total. The maximum atomic E-state index is 11.9. The predicted octanol–water partition coefficient (Wildman–Crippen LogP) is 3.11. The molecule has 0 aromatic carbocycles. The van der Waals surface area contributed by atoms with Crippen LogP contribution in [0.2, 0.25) is 0 Å². The van der Waals surface area contributed by atoms with Crippen molar-refractivity contribution in [2.45, 2.75) is 77.7 Å². The summed E-state index contributed by atoms with van der Waals surface area (Å²) in [5.74, 6) is -0.525. The molecule has 0 atom stereocenters. The number of carbonyl (C=O) groups excluding carboxylic acids is 2. The van der Waals surface area contributed by atoms with Crippen LogP contribution in [0.15, 0.2) is 24.5 Å². The zero-order chi connectivity index (χ0) is 18.3. The fourth-order valence-corrected chi connectivity index (χ4v) is 2.83. The molecule has 1 aromatic rings. The van der Waals surface area contributed by atoms with Crippen LogP contribution in [0.3, 0.4) is 0 Å². The van der Waals surface area contributed by atoms with Crippen LogP contribution in [0.25, 0.3) is 0 Å². The molecule has 0 aliphatic rings. The van der Waals surface area contributed by atoms with Crippen LogP contribution >= 0.6 is 0 Å². The van der Waals surface area contributed by atoms with Crippen LogP contribution < -0.4 is 15.6 Å². The lowest BCUT2D eigenvalue weighted by Gasteiger charge is -2.04. The van der Waals surface area contributed by atoms with E-state index in [1.807, 2.05) is 0 Å². The van der Waals surface area contributed by atoms with Crippen molar-refractivity contribution in [1.29, 1.82) is 0 Å². The number of carbonyl (C=O) groups is 2. The lowest BCUT2D eigenvalue weighted by molar-refractivity contribution is -0.684. The van der Waals surface area contributed by atoms with Gasteiger partial charge in [0.25, 0.3) is 11.8 Å². The average Bonchev–Trinajstić information content (AvgIpc) is 2.60. The fourth-order valence-electron chi connectivity index (χ4n) is 2.83. The first kappa shape index (κ1) is 21.1. The molecule has 1 aromatic heterocycles. The summed E-state index contributed by atoms with van der Waals surface area (Å²) < 4.78 is 1.67. The topological polar surface area (TPSA) is 76.1 Å². The van der Waals surface area contributed by atoms with Gasteiger partial charge in [0.05, 0.1) is 0 Å². The smallest absolute Gasteiger partial charge is 0.285 e. The summed E-state index contributed by atoms with van der Waals surface area (Å²) in [6.45, 7) is 3.17. The van der Waals surface area contributed by atoms with Crippen molar-refractivity contribution in [2.75, 3.05) is 6.54 Å². The maximum absolute atomic E-state index is 11.9. The van der Waals surface area contributed by atoms with Crippen LogP contribution in [0.4, 0.5) is 0 Å². The second-order valence-electron chi connectivity index (χ2n) is 6.66. The molecule has 1 rings (SSSR count). The highest BCUT2D eigenvalue weighted by Gasteiger charge is 2.11. The molecule has 0 aliphatic heterocycles. The molecule has 5 heteroatoms. The van der Waals surface area contributed by atoms with E-state index in [1.165, 1.54) is 57.8 Å². The van der Waals surface area contributed by atoms with Gasteiger partial charge in [-0.15, -0.1) is 0 Å². The summed E-state index contributed by atoms with van der Waals surface area (Å²) in [7, 11) is 0. The van der Waals surface area contributed by atoms with Crippen molar-refractivity contribution < 1.29 is 14.2 Å². The van der Waals surface area contributed by atoms with Gasteiger partial charge in [0.1, 0.15) is 5.56 Å². The lowest BCUT2D eigenvalue weighted by Crippen LogP contribution is -2.43. The Morgan fingerprint density at radius 1 is 1.00 bits per heavy atom. The zero-order valence-corrected chi connectivity index (χ0v) is 15.6. The van der Waals surface area contributed by atoms with E-state index in [1.54, 1.807) is 29.1 Å². The van der Waals surface area contributed by atoms with Crippen LogP contribution in [-0.4, -0.2) is 18.4 Å². The molecule has 2 amide bonds. The number of aromatic nitrogens is 1. The van der Waals surface area contributed by atoms with E-state index in [-0.39, 0.29) is 12.5 Å². The van der Waals surface area contributed by atoms with Crippen molar-refractivity contribution in [2.24, 2.45) is 5.73 Å². The minimum atomic E-state index is -0.486. The summed E-state index contributed by atoms with van der Waals surface area (Å²) in [4.78, 5) is 23.0. The van der Waals surface area contributed by atoms with Crippen LogP contribution in [0.1, 0.15) is 81.5 Å². The third kappa shape index (κ3) is 10.5. The summed E-state index contributed by atoms with van der Waals surface area (Å²) in [6, 6.07) is 3.36. The highest BCUT2D eigenvalue weighted by molar-refractivity contribution is 5.92. The van der Waals surface area contributed by atoms with E-state index in [0.29, 0.717) is 12.1 Å². The molecule has 1 heterocycles. The Kier molecular flexibility index (Phi) is 11.3. The van der Waals surface area contributed by atoms with Crippen LogP contribution in [-0.2, 0) is 11.3 Å². The highest BCUT2D eigenvalue weighted by Crippen LogP contribution is 2.10. The van der Waals surface area contributed by atoms with E-state index in [9.17, 15) is 9.59 Å². The summed E-state index contributed by atoms with van der Waals surface area (Å²) in [6.07, 6.45) is 16.2. The SMILES string of the molecule is CCCCCCCCCCCCNC(=O)C[n+]1cccc(C(N)=O)c1. The third-order valence-electron chi connectivity index (χ3n) is 4.32. The molecule has 140 valence electrons. The van der Waals surface area contributed by atoms with E-state index in [2.05, 4.69) is 12.2 Å². The molecule has 0 saturated heterocycles. The minimum absolute atomic E-state index is 0.0393. The average molecular weight is 349 g/mol. The summed E-state index contributed by atoms with van der Waals surface area (Å²) >= 11 is 0.